The molecule has 0 radical (unpaired) electrons. The van der Waals surface area contributed by atoms with Crippen LogP contribution in [0.25, 0.3) is 0 Å². The summed E-state index contributed by atoms with van der Waals surface area (Å²) in [6.45, 7) is -0.311. The third-order valence-electron chi connectivity index (χ3n) is 3.51. The third kappa shape index (κ3) is 6.00. The highest BCUT2D eigenvalue weighted by Gasteiger charge is 2.10. The summed E-state index contributed by atoms with van der Waals surface area (Å²) in [5, 5.41) is 27.4. The summed E-state index contributed by atoms with van der Waals surface area (Å²) in [5.41, 5.74) is 0.992. The van der Waals surface area contributed by atoms with Crippen molar-refractivity contribution in [1.82, 2.24) is 0 Å². The van der Waals surface area contributed by atoms with E-state index in [1.807, 2.05) is 0 Å². The topological polar surface area (TPSA) is 96.2 Å². The lowest BCUT2D eigenvalue weighted by Gasteiger charge is -2.11. The molecule has 0 unspecified atom stereocenters. The summed E-state index contributed by atoms with van der Waals surface area (Å²) < 4.78 is 10.7. The Labute approximate surface area is 156 Å². The number of carbonyl (C=O) groups is 1. The van der Waals surface area contributed by atoms with Crippen LogP contribution >= 0.6 is 11.6 Å². The second-order valence-corrected chi connectivity index (χ2v) is 5.95. The average molecular weight is 381 g/mol. The number of carbonyl (C=O) groups excluding carboxylic acids is 1. The summed E-state index contributed by atoms with van der Waals surface area (Å²) in [6.07, 6.45) is -1.68. The van der Waals surface area contributed by atoms with Crippen LogP contribution in [0.15, 0.2) is 48.5 Å². The number of benzene rings is 2. The van der Waals surface area contributed by atoms with E-state index < -0.39 is 12.2 Å². The lowest BCUT2D eigenvalue weighted by atomic mass is 10.0. The molecular formula is C19H21ClO6. The molecule has 0 amide bonds. The molecule has 140 valence electrons. The Morgan fingerprint density at radius 3 is 1.65 bits per heavy atom. The second-order valence-electron chi connectivity index (χ2n) is 5.64. The van der Waals surface area contributed by atoms with Crippen molar-refractivity contribution in [2.24, 2.45) is 0 Å². The van der Waals surface area contributed by atoms with Gasteiger partial charge in [0.15, 0.2) is 5.78 Å². The van der Waals surface area contributed by atoms with Gasteiger partial charge in [-0.1, -0.05) is 0 Å². The van der Waals surface area contributed by atoms with Crippen molar-refractivity contribution in [3.8, 4) is 11.5 Å². The SMILES string of the molecule is O=C(c1ccc(OC[C@H](O)CO)cc1)c1ccc(OC[C@H](O)CCl)cc1. The Balaban J connectivity index is 1.95. The van der Waals surface area contributed by atoms with Gasteiger partial charge in [-0.15, -0.1) is 11.6 Å². The zero-order chi connectivity index (χ0) is 18.9. The number of halogens is 1. The van der Waals surface area contributed by atoms with Crippen molar-refractivity contribution in [3.63, 3.8) is 0 Å². The summed E-state index contributed by atoms with van der Waals surface area (Å²) >= 11 is 5.50. The van der Waals surface area contributed by atoms with Crippen molar-refractivity contribution in [2.75, 3.05) is 25.7 Å². The number of aliphatic hydroxyl groups excluding tert-OH is 3. The largest absolute Gasteiger partial charge is 0.491 e. The fourth-order valence-corrected chi connectivity index (χ4v) is 2.14. The number of hydrogen-bond donors (Lipinski definition) is 3. The molecule has 2 aromatic rings. The molecule has 2 aromatic carbocycles. The Kier molecular flexibility index (Phi) is 7.87. The van der Waals surface area contributed by atoms with Crippen LogP contribution in [-0.2, 0) is 0 Å². The van der Waals surface area contributed by atoms with Gasteiger partial charge in [-0.05, 0) is 48.5 Å². The highest BCUT2D eigenvalue weighted by molar-refractivity contribution is 6.18. The van der Waals surface area contributed by atoms with Crippen molar-refractivity contribution in [1.29, 1.82) is 0 Å². The Hall–Kier alpha value is -2.12. The van der Waals surface area contributed by atoms with E-state index in [0.29, 0.717) is 22.6 Å². The molecule has 3 N–H and O–H groups in total. The van der Waals surface area contributed by atoms with E-state index in [1.165, 1.54) is 0 Å². The predicted molar refractivity (Wildman–Crippen MR) is 97.1 cm³/mol. The minimum absolute atomic E-state index is 0.0241. The molecule has 0 aliphatic carbocycles. The molecule has 0 heterocycles. The monoisotopic (exact) mass is 380 g/mol. The van der Waals surface area contributed by atoms with Crippen LogP contribution in [0.3, 0.4) is 0 Å². The number of alkyl halides is 1. The number of hydrogen-bond acceptors (Lipinski definition) is 6. The van der Waals surface area contributed by atoms with E-state index in [2.05, 4.69) is 0 Å². The first-order valence-corrected chi connectivity index (χ1v) is 8.60. The Bertz CT molecular complexity index is 627. The maximum absolute atomic E-state index is 12.5. The van der Waals surface area contributed by atoms with E-state index in [-0.39, 0.29) is 31.5 Å². The van der Waals surface area contributed by atoms with Crippen molar-refractivity contribution < 1.29 is 29.6 Å². The molecule has 0 bridgehead atoms. The number of ether oxygens (including phenoxy) is 2. The molecule has 0 aliphatic heterocycles. The van der Waals surface area contributed by atoms with Gasteiger partial charge >= 0.3 is 0 Å². The van der Waals surface area contributed by atoms with Gasteiger partial charge in [0, 0.05) is 11.1 Å². The Morgan fingerprint density at radius 2 is 1.27 bits per heavy atom. The molecule has 6 nitrogen and oxygen atoms in total. The first-order chi connectivity index (χ1) is 12.5. The molecule has 2 atom stereocenters. The fourth-order valence-electron chi connectivity index (χ4n) is 2.05. The van der Waals surface area contributed by atoms with E-state index in [0.717, 1.165) is 0 Å². The summed E-state index contributed by atoms with van der Waals surface area (Å²) in [7, 11) is 0. The quantitative estimate of drug-likeness (QED) is 0.428. The van der Waals surface area contributed by atoms with Gasteiger partial charge < -0.3 is 24.8 Å². The minimum Gasteiger partial charge on any atom is -0.491 e. The minimum atomic E-state index is -0.942. The van der Waals surface area contributed by atoms with Gasteiger partial charge in [0.2, 0.25) is 0 Å². The van der Waals surface area contributed by atoms with Gasteiger partial charge in [-0.3, -0.25) is 4.79 Å². The molecule has 0 aromatic heterocycles. The van der Waals surface area contributed by atoms with Gasteiger partial charge in [-0.25, -0.2) is 0 Å². The highest BCUT2D eigenvalue weighted by Crippen LogP contribution is 2.18. The molecule has 0 aliphatic rings. The van der Waals surface area contributed by atoms with Gasteiger partial charge in [0.05, 0.1) is 12.5 Å². The van der Waals surface area contributed by atoms with E-state index in [1.54, 1.807) is 48.5 Å². The average Bonchev–Trinajstić information content (AvgIpc) is 2.70. The molecule has 0 fully saturated rings. The number of ketones is 1. The number of aliphatic hydroxyl groups is 3. The molecule has 26 heavy (non-hydrogen) atoms. The zero-order valence-corrected chi connectivity index (χ0v) is 14.8. The van der Waals surface area contributed by atoms with Crippen LogP contribution in [0, 0.1) is 0 Å². The summed E-state index contributed by atoms with van der Waals surface area (Å²) in [6, 6.07) is 13.1. The van der Waals surface area contributed by atoms with Crippen molar-refractivity contribution >= 4 is 17.4 Å². The Morgan fingerprint density at radius 1 is 0.846 bits per heavy atom. The highest BCUT2D eigenvalue weighted by atomic mass is 35.5. The summed E-state index contributed by atoms with van der Waals surface area (Å²) in [4.78, 5) is 12.5. The standard InChI is InChI=1S/C19H21ClO6/c20-9-15(22)11-25-17-5-1-13(2-6-17)19(24)14-3-7-18(8-4-14)26-12-16(23)10-21/h1-8,15-16,21-23H,9-12H2/t15-,16-/m1/s1. The van der Waals surface area contributed by atoms with Crippen LogP contribution in [0.5, 0.6) is 11.5 Å². The predicted octanol–water partition coefficient (Wildman–Crippen LogP) is 1.63. The molecule has 0 saturated carbocycles. The van der Waals surface area contributed by atoms with Crippen molar-refractivity contribution in [3.05, 3.63) is 59.7 Å². The summed E-state index contributed by atoms with van der Waals surface area (Å²) in [5.74, 6) is 0.974. The van der Waals surface area contributed by atoms with Crippen LogP contribution in [0.1, 0.15) is 15.9 Å². The lowest BCUT2D eigenvalue weighted by molar-refractivity contribution is 0.0536. The van der Waals surface area contributed by atoms with Gasteiger partial charge in [0.25, 0.3) is 0 Å². The van der Waals surface area contributed by atoms with Crippen molar-refractivity contribution in [2.45, 2.75) is 12.2 Å². The molecule has 0 spiro atoms. The van der Waals surface area contributed by atoms with Crippen LogP contribution in [-0.4, -0.2) is 59.0 Å². The van der Waals surface area contributed by atoms with Crippen LogP contribution in [0.4, 0.5) is 0 Å². The molecular weight excluding hydrogens is 360 g/mol. The van der Waals surface area contributed by atoms with Gasteiger partial charge in [-0.2, -0.15) is 0 Å². The van der Waals surface area contributed by atoms with Crippen LogP contribution < -0.4 is 9.47 Å². The maximum atomic E-state index is 12.5. The molecule has 0 saturated heterocycles. The van der Waals surface area contributed by atoms with E-state index in [4.69, 9.17) is 26.2 Å². The number of rotatable bonds is 10. The van der Waals surface area contributed by atoms with E-state index in [9.17, 15) is 15.0 Å². The first kappa shape index (κ1) is 20.2. The maximum Gasteiger partial charge on any atom is 0.193 e. The molecule has 7 heteroatoms. The van der Waals surface area contributed by atoms with Crippen LogP contribution in [0.2, 0.25) is 0 Å². The lowest BCUT2D eigenvalue weighted by Crippen LogP contribution is -2.21. The smallest absolute Gasteiger partial charge is 0.193 e. The first-order valence-electron chi connectivity index (χ1n) is 8.07. The fraction of sp³-hybridized carbons (Fsp3) is 0.316. The van der Waals surface area contributed by atoms with E-state index >= 15 is 0 Å². The molecule has 2 rings (SSSR count). The van der Waals surface area contributed by atoms with Gasteiger partial charge in [0.1, 0.15) is 36.9 Å². The zero-order valence-electron chi connectivity index (χ0n) is 14.0. The second kappa shape index (κ2) is 10.1. The normalized spacial score (nSPS) is 13.1. The third-order valence-corrected chi connectivity index (χ3v) is 3.86.